The lowest BCUT2D eigenvalue weighted by Gasteiger charge is -2.14. The zero-order valence-corrected chi connectivity index (χ0v) is 14.8. The molecule has 0 fully saturated rings. The van der Waals surface area contributed by atoms with E-state index >= 15 is 0 Å². The molecule has 136 valence electrons. The molecule has 7 nitrogen and oxygen atoms in total. The minimum atomic E-state index is -0.329. The zero-order chi connectivity index (χ0) is 18.5. The molecule has 0 saturated carbocycles. The van der Waals surface area contributed by atoms with E-state index in [1.54, 1.807) is 7.11 Å². The fourth-order valence-corrected chi connectivity index (χ4v) is 2.77. The van der Waals surface area contributed by atoms with Gasteiger partial charge in [-0.05, 0) is 24.3 Å². The monoisotopic (exact) mass is 354 g/mol. The molecule has 3 N–H and O–H groups in total. The van der Waals surface area contributed by atoms with Crippen molar-refractivity contribution in [1.29, 1.82) is 0 Å². The molecular weight excluding hydrogens is 332 g/mol. The van der Waals surface area contributed by atoms with Crippen molar-refractivity contribution < 1.29 is 14.3 Å². The maximum Gasteiger partial charge on any atom is 0.229 e. The Hall–Kier alpha value is -2.90. The Morgan fingerprint density at radius 2 is 2.04 bits per heavy atom. The Morgan fingerprint density at radius 1 is 1.23 bits per heavy atom. The van der Waals surface area contributed by atoms with E-state index < -0.39 is 0 Å². The molecule has 0 radical (unpaired) electrons. The van der Waals surface area contributed by atoms with Crippen molar-refractivity contribution in [2.75, 3.05) is 26.1 Å². The number of carbonyl (C=O) groups is 1. The topological polar surface area (TPSA) is 91.4 Å². The van der Waals surface area contributed by atoms with Crippen molar-refractivity contribution in [2.24, 2.45) is 5.73 Å². The van der Waals surface area contributed by atoms with Gasteiger partial charge in [0, 0.05) is 19.7 Å². The smallest absolute Gasteiger partial charge is 0.229 e. The average Bonchev–Trinajstić information content (AvgIpc) is 3.03. The number of amides is 1. The molecule has 1 amide bonds. The first-order valence-electron chi connectivity index (χ1n) is 8.31. The first-order valence-corrected chi connectivity index (χ1v) is 8.31. The lowest BCUT2D eigenvalue weighted by atomic mass is 10.2. The molecule has 3 aromatic rings. The first-order chi connectivity index (χ1) is 12.7. The molecule has 0 aliphatic rings. The normalized spacial score (nSPS) is 12.1. The van der Waals surface area contributed by atoms with Crippen LogP contribution in [0.25, 0.3) is 16.7 Å². The average molecular weight is 354 g/mol. The molecule has 0 bridgehead atoms. The van der Waals surface area contributed by atoms with Crippen LogP contribution in [0.5, 0.6) is 5.75 Å². The van der Waals surface area contributed by atoms with E-state index in [9.17, 15) is 4.79 Å². The summed E-state index contributed by atoms with van der Waals surface area (Å²) in [5, 5.41) is 2.87. The molecule has 3 rings (SSSR count). The highest BCUT2D eigenvalue weighted by Crippen LogP contribution is 2.27. The van der Waals surface area contributed by atoms with Crippen LogP contribution in [0.3, 0.4) is 0 Å². The van der Waals surface area contributed by atoms with Crippen molar-refractivity contribution >= 4 is 22.9 Å². The molecule has 1 aromatic heterocycles. The number of para-hydroxylation sites is 2. The fourth-order valence-electron chi connectivity index (χ4n) is 2.77. The summed E-state index contributed by atoms with van der Waals surface area (Å²) in [6.07, 6.45) is -0.168. The number of benzene rings is 2. The van der Waals surface area contributed by atoms with Gasteiger partial charge in [-0.2, -0.15) is 0 Å². The van der Waals surface area contributed by atoms with Gasteiger partial charge in [-0.25, -0.2) is 4.98 Å². The largest absolute Gasteiger partial charge is 0.497 e. The molecule has 1 unspecified atom stereocenters. The molecule has 0 spiro atoms. The number of hydrogen-bond donors (Lipinski definition) is 2. The third-order valence-corrected chi connectivity index (χ3v) is 4.13. The third kappa shape index (κ3) is 3.68. The minimum absolute atomic E-state index is 0.161. The molecule has 26 heavy (non-hydrogen) atoms. The van der Waals surface area contributed by atoms with Crippen molar-refractivity contribution in [3.8, 4) is 11.4 Å². The highest BCUT2D eigenvalue weighted by molar-refractivity contribution is 5.92. The molecule has 0 aliphatic carbocycles. The van der Waals surface area contributed by atoms with Gasteiger partial charge < -0.3 is 15.2 Å². The number of methoxy groups -OCH3 is 2. The van der Waals surface area contributed by atoms with Crippen LogP contribution in [0.1, 0.15) is 6.42 Å². The summed E-state index contributed by atoms with van der Waals surface area (Å²) in [6.45, 7) is 0.274. The van der Waals surface area contributed by atoms with Crippen LogP contribution >= 0.6 is 0 Å². The van der Waals surface area contributed by atoms with Crippen LogP contribution in [0, 0.1) is 0 Å². The second-order valence-electron chi connectivity index (χ2n) is 5.81. The summed E-state index contributed by atoms with van der Waals surface area (Å²) in [5.41, 5.74) is 8.11. The first kappa shape index (κ1) is 17.9. The molecule has 7 heteroatoms. The summed E-state index contributed by atoms with van der Waals surface area (Å²) >= 11 is 0. The van der Waals surface area contributed by atoms with E-state index in [4.69, 9.17) is 15.2 Å². The van der Waals surface area contributed by atoms with Gasteiger partial charge in [-0.3, -0.25) is 14.7 Å². The van der Waals surface area contributed by atoms with Crippen LogP contribution in [0.4, 0.5) is 5.95 Å². The third-order valence-electron chi connectivity index (χ3n) is 4.13. The number of imidazole rings is 1. The summed E-state index contributed by atoms with van der Waals surface area (Å²) in [5.74, 6) is 0.957. The number of nitrogens with one attached hydrogen (secondary N) is 1. The van der Waals surface area contributed by atoms with E-state index in [0.717, 1.165) is 22.5 Å². The Balaban J connectivity index is 2.01. The Bertz CT molecular complexity index is 903. The van der Waals surface area contributed by atoms with Gasteiger partial charge in [0.25, 0.3) is 0 Å². The highest BCUT2D eigenvalue weighted by Gasteiger charge is 2.17. The van der Waals surface area contributed by atoms with Crippen LogP contribution in [-0.4, -0.2) is 42.3 Å². The number of nitrogens with zero attached hydrogens (tertiary/aromatic N) is 2. The number of hydrogen-bond acceptors (Lipinski definition) is 5. The lowest BCUT2D eigenvalue weighted by Crippen LogP contribution is -2.28. The van der Waals surface area contributed by atoms with E-state index in [1.807, 2.05) is 53.1 Å². The molecular formula is C19H22N4O3. The van der Waals surface area contributed by atoms with E-state index in [1.165, 1.54) is 7.11 Å². The number of carbonyl (C=O) groups excluding carboxylic acids is 1. The Kier molecular flexibility index (Phi) is 5.50. The minimum Gasteiger partial charge on any atom is -0.497 e. The van der Waals surface area contributed by atoms with Crippen LogP contribution in [0.15, 0.2) is 48.5 Å². The van der Waals surface area contributed by atoms with E-state index in [-0.39, 0.29) is 25.0 Å². The fraction of sp³-hybridized carbons (Fsp3) is 0.263. The number of anilines is 1. The highest BCUT2D eigenvalue weighted by atomic mass is 16.5. The standard InChI is InChI=1S/C19H22N4O3/c1-25-14-7-5-6-13(10-14)23-17-9-4-3-8-16(17)21-19(23)22-18(24)11-15(12-20)26-2/h3-10,15H,11-12,20H2,1-2H3,(H,21,22,24). The predicted molar refractivity (Wildman–Crippen MR) is 101 cm³/mol. The molecule has 1 heterocycles. The number of ether oxygens (including phenoxy) is 2. The summed E-state index contributed by atoms with van der Waals surface area (Å²) in [7, 11) is 3.15. The van der Waals surface area contributed by atoms with Gasteiger partial charge in [0.1, 0.15) is 5.75 Å². The van der Waals surface area contributed by atoms with E-state index in [0.29, 0.717) is 5.95 Å². The number of fused-ring (bicyclic) bond motifs is 1. The summed E-state index contributed by atoms with van der Waals surface area (Å²) < 4.78 is 12.4. The van der Waals surface area contributed by atoms with Crippen LogP contribution in [0.2, 0.25) is 0 Å². The molecule has 0 aliphatic heterocycles. The Morgan fingerprint density at radius 3 is 2.77 bits per heavy atom. The van der Waals surface area contributed by atoms with Gasteiger partial charge in [-0.1, -0.05) is 18.2 Å². The Labute approximate surface area is 151 Å². The molecule has 0 saturated heterocycles. The number of nitrogens with two attached hydrogens (primary N) is 1. The quantitative estimate of drug-likeness (QED) is 0.679. The van der Waals surface area contributed by atoms with Crippen LogP contribution < -0.4 is 15.8 Å². The second-order valence-corrected chi connectivity index (χ2v) is 5.81. The van der Waals surface area contributed by atoms with Gasteiger partial charge in [0.05, 0.1) is 36.4 Å². The number of aromatic nitrogens is 2. The second kappa shape index (κ2) is 7.99. The summed E-state index contributed by atoms with van der Waals surface area (Å²) in [4.78, 5) is 17.0. The lowest BCUT2D eigenvalue weighted by molar-refractivity contribution is -0.118. The van der Waals surface area contributed by atoms with Gasteiger partial charge in [0.2, 0.25) is 11.9 Å². The van der Waals surface area contributed by atoms with Crippen molar-refractivity contribution in [2.45, 2.75) is 12.5 Å². The SMILES string of the molecule is COc1cccc(-n2c(NC(=O)CC(CN)OC)nc3ccccc32)c1. The number of rotatable bonds is 7. The van der Waals surface area contributed by atoms with Crippen molar-refractivity contribution in [1.82, 2.24) is 9.55 Å². The van der Waals surface area contributed by atoms with Gasteiger partial charge >= 0.3 is 0 Å². The van der Waals surface area contributed by atoms with Gasteiger partial charge in [0.15, 0.2) is 0 Å². The van der Waals surface area contributed by atoms with Crippen LogP contribution in [-0.2, 0) is 9.53 Å². The predicted octanol–water partition coefficient (Wildman–Crippen LogP) is 2.34. The zero-order valence-electron chi connectivity index (χ0n) is 14.8. The molecule has 1 atom stereocenters. The van der Waals surface area contributed by atoms with E-state index in [2.05, 4.69) is 10.3 Å². The maximum absolute atomic E-state index is 12.4. The maximum atomic E-state index is 12.4. The summed E-state index contributed by atoms with van der Waals surface area (Å²) in [6, 6.07) is 15.3. The van der Waals surface area contributed by atoms with Gasteiger partial charge in [-0.15, -0.1) is 0 Å². The molecule has 2 aromatic carbocycles. The van der Waals surface area contributed by atoms with Crippen molar-refractivity contribution in [3.05, 3.63) is 48.5 Å². The van der Waals surface area contributed by atoms with Crippen molar-refractivity contribution in [3.63, 3.8) is 0 Å².